The largest absolute Gasteiger partial charge is 0.550 e. The molecule has 3 aliphatic heterocycles. The highest BCUT2D eigenvalue weighted by molar-refractivity contribution is 8.39. The summed E-state index contributed by atoms with van der Waals surface area (Å²) in [7, 11) is 8.11. The van der Waals surface area contributed by atoms with Gasteiger partial charge in [0.05, 0.1) is 25.4 Å². The fourth-order valence-corrected chi connectivity index (χ4v) is 9.29. The van der Waals surface area contributed by atoms with Crippen molar-refractivity contribution in [1.29, 1.82) is 0 Å². The van der Waals surface area contributed by atoms with Gasteiger partial charge in [0.25, 0.3) is 17.5 Å². The van der Waals surface area contributed by atoms with Crippen LogP contribution in [0.15, 0.2) is 26.2 Å². The van der Waals surface area contributed by atoms with E-state index in [1.807, 2.05) is 0 Å². The molecule has 46 heavy (non-hydrogen) atoms. The van der Waals surface area contributed by atoms with Gasteiger partial charge < -0.3 is 40.0 Å². The number of aromatic nitrogens is 4. The SMILES string of the molecule is CO[C@@]1(NC(=O)C2SC(=C(C(N)=O)C(=O)OC(CC(=O)[O-])C[N+](C)(C)C)S2)C(=O)N2C(C(=O)O)=C(CSc3nnnn3C)CS[C@@H]21. The van der Waals surface area contributed by atoms with Crippen molar-refractivity contribution in [2.75, 3.05) is 46.3 Å². The Morgan fingerprint density at radius 1 is 1.26 bits per heavy atom. The van der Waals surface area contributed by atoms with Crippen LogP contribution < -0.4 is 16.2 Å². The second kappa shape index (κ2) is 13.8. The normalized spacial score (nSPS) is 23.1. The topological polar surface area (TPSA) is 249 Å². The maximum atomic E-state index is 13.4. The summed E-state index contributed by atoms with van der Waals surface area (Å²) in [6.45, 7) is 0.105. The molecule has 3 aliphatic rings. The number of hydrogen-bond acceptors (Lipinski definition) is 16. The molecule has 1 aromatic heterocycles. The van der Waals surface area contributed by atoms with Crippen molar-refractivity contribution in [3.63, 3.8) is 0 Å². The molecular formula is C24H30N8O10S4. The van der Waals surface area contributed by atoms with E-state index in [2.05, 4.69) is 20.8 Å². The maximum absolute atomic E-state index is 13.4. The zero-order valence-corrected chi connectivity index (χ0v) is 28.3. The van der Waals surface area contributed by atoms with E-state index in [0.717, 1.165) is 28.4 Å². The van der Waals surface area contributed by atoms with Gasteiger partial charge in [-0.1, -0.05) is 35.3 Å². The first-order valence-corrected chi connectivity index (χ1v) is 17.0. The molecule has 18 nitrogen and oxygen atoms in total. The summed E-state index contributed by atoms with van der Waals surface area (Å²) in [6.07, 6.45) is -1.72. The van der Waals surface area contributed by atoms with Gasteiger partial charge >= 0.3 is 11.9 Å². The number of β-lactam (4-membered cyclic amide) rings is 1. The number of esters is 1. The van der Waals surface area contributed by atoms with Gasteiger partial charge in [-0.25, -0.2) is 14.3 Å². The van der Waals surface area contributed by atoms with Crippen LogP contribution in [0.2, 0.25) is 0 Å². The quantitative estimate of drug-likeness (QED) is 0.0258. The minimum atomic E-state index is -1.87. The van der Waals surface area contributed by atoms with Crippen molar-refractivity contribution < 1.29 is 52.9 Å². The van der Waals surface area contributed by atoms with Gasteiger partial charge in [-0.2, -0.15) is 0 Å². The molecule has 4 heterocycles. The number of hydrogen-bond donors (Lipinski definition) is 3. The van der Waals surface area contributed by atoms with Crippen LogP contribution in [0, 0.1) is 0 Å². The van der Waals surface area contributed by atoms with Gasteiger partial charge in [0.15, 0.2) is 6.10 Å². The van der Waals surface area contributed by atoms with Crippen molar-refractivity contribution in [1.82, 2.24) is 30.4 Å². The van der Waals surface area contributed by atoms with Crippen LogP contribution in [0.25, 0.3) is 0 Å². The molecule has 0 aliphatic carbocycles. The highest BCUT2D eigenvalue weighted by Crippen LogP contribution is 2.54. The molecular weight excluding hydrogens is 689 g/mol. The number of nitrogens with zero attached hydrogens (tertiary/aromatic N) is 6. The third kappa shape index (κ3) is 7.30. The number of carbonyl (C=O) groups excluding carboxylic acids is 5. The monoisotopic (exact) mass is 718 g/mol. The number of tetrazole rings is 1. The number of carboxylic acids is 2. The smallest absolute Gasteiger partial charge is 0.352 e. The van der Waals surface area contributed by atoms with Crippen molar-refractivity contribution in [3.8, 4) is 0 Å². The molecule has 0 spiro atoms. The number of thioether (sulfide) groups is 4. The number of nitrogens with one attached hydrogen (secondary N) is 1. The minimum absolute atomic E-state index is 0.0755. The maximum Gasteiger partial charge on any atom is 0.352 e. The lowest BCUT2D eigenvalue weighted by molar-refractivity contribution is -0.873. The van der Waals surface area contributed by atoms with Crippen LogP contribution in [0.3, 0.4) is 0 Å². The van der Waals surface area contributed by atoms with E-state index in [1.54, 1.807) is 28.2 Å². The molecule has 0 aromatic carbocycles. The number of primary amides is 1. The van der Waals surface area contributed by atoms with E-state index < -0.39 is 69.4 Å². The lowest BCUT2D eigenvalue weighted by Crippen LogP contribution is -2.81. The number of methoxy groups -OCH3 is 1. The van der Waals surface area contributed by atoms with E-state index in [-0.39, 0.29) is 32.5 Å². The Bertz CT molecular complexity index is 1530. The van der Waals surface area contributed by atoms with E-state index in [0.29, 0.717) is 10.7 Å². The highest BCUT2D eigenvalue weighted by atomic mass is 32.3. The summed E-state index contributed by atoms with van der Waals surface area (Å²) in [6, 6.07) is 0. The molecule has 0 saturated carbocycles. The molecule has 2 fully saturated rings. The first-order valence-electron chi connectivity index (χ1n) is 13.2. The third-order valence-corrected chi connectivity index (χ3v) is 11.9. The van der Waals surface area contributed by atoms with Crippen LogP contribution in [0.5, 0.6) is 0 Å². The molecule has 4 N–H and O–H groups in total. The molecule has 3 atom stereocenters. The van der Waals surface area contributed by atoms with E-state index >= 15 is 0 Å². The van der Waals surface area contributed by atoms with Gasteiger partial charge in [0.2, 0.25) is 11.1 Å². The van der Waals surface area contributed by atoms with Crippen molar-refractivity contribution >= 4 is 82.7 Å². The first kappa shape index (κ1) is 35.5. The average molecular weight is 719 g/mol. The van der Waals surface area contributed by atoms with Crippen LogP contribution in [0.1, 0.15) is 6.42 Å². The number of rotatable bonds is 14. The van der Waals surface area contributed by atoms with Gasteiger partial charge in [0, 0.05) is 38.1 Å². The van der Waals surface area contributed by atoms with Gasteiger partial charge in [-0.15, -0.1) is 16.9 Å². The van der Waals surface area contributed by atoms with Crippen LogP contribution in [-0.4, -0.2) is 138 Å². The lowest BCUT2D eigenvalue weighted by Gasteiger charge is -2.56. The zero-order valence-electron chi connectivity index (χ0n) is 25.1. The van der Waals surface area contributed by atoms with E-state index in [4.69, 9.17) is 15.2 Å². The van der Waals surface area contributed by atoms with Crippen molar-refractivity contribution in [3.05, 3.63) is 21.1 Å². The number of nitrogens with two attached hydrogens (primary N) is 1. The Hall–Kier alpha value is -3.31. The summed E-state index contributed by atoms with van der Waals surface area (Å²) in [4.78, 5) is 76.2. The number of fused-ring (bicyclic) bond motifs is 1. The van der Waals surface area contributed by atoms with Gasteiger partial charge in [-0.05, 0) is 16.0 Å². The predicted octanol–water partition coefficient (Wildman–Crippen LogP) is -2.72. The third-order valence-electron chi connectivity index (χ3n) is 6.62. The standard InChI is InChI=1S/C24H30N8O10S4/c1-30-23(27-28-29-30)44-9-10-8-43-22-24(41-5,21(40)31(22)14(10)17(37)38)26-16(36)20-45-19(46-20)13(15(25)35)18(39)42-11(6-12(33)34)7-32(2,3)4/h11,20,22H,6-9H2,1-5H3,(H4-,25,26,33,34,35,36,37,38)/t11?,20?,22-,24+/m1/s1. The van der Waals surface area contributed by atoms with Gasteiger partial charge in [0.1, 0.15) is 27.8 Å². The Kier molecular flexibility index (Phi) is 10.7. The van der Waals surface area contributed by atoms with E-state index in [9.17, 15) is 39.0 Å². The summed E-state index contributed by atoms with van der Waals surface area (Å²) >= 11 is 4.04. The number of quaternary nitrogens is 1. The summed E-state index contributed by atoms with van der Waals surface area (Å²) in [5.41, 5.74) is 3.25. The Morgan fingerprint density at radius 3 is 2.46 bits per heavy atom. The molecule has 2 saturated heterocycles. The number of aryl methyl sites for hydroxylation is 1. The second-order valence-electron chi connectivity index (χ2n) is 11.1. The summed E-state index contributed by atoms with van der Waals surface area (Å²) in [5.74, 6) is -6.12. The molecule has 1 unspecified atom stereocenters. The van der Waals surface area contributed by atoms with Crippen LogP contribution in [0.4, 0.5) is 0 Å². The van der Waals surface area contributed by atoms with Gasteiger partial charge in [-0.3, -0.25) is 19.3 Å². The second-order valence-corrected chi connectivity index (χ2v) is 15.9. The van der Waals surface area contributed by atoms with Crippen molar-refractivity contribution in [2.45, 2.75) is 33.4 Å². The first-order chi connectivity index (χ1) is 21.5. The summed E-state index contributed by atoms with van der Waals surface area (Å²) in [5, 5.41) is 34.4. The number of amides is 3. The number of carbonyl (C=O) groups is 6. The van der Waals surface area contributed by atoms with Crippen molar-refractivity contribution in [2.24, 2.45) is 12.8 Å². The number of ether oxygens (including phenoxy) is 2. The number of aliphatic carboxylic acids is 2. The lowest BCUT2D eigenvalue weighted by atomic mass is 9.98. The summed E-state index contributed by atoms with van der Waals surface area (Å²) < 4.78 is 11.6. The van der Waals surface area contributed by atoms with Crippen LogP contribution in [-0.2, 0) is 45.3 Å². The molecule has 3 amide bonds. The predicted molar refractivity (Wildman–Crippen MR) is 163 cm³/mol. The molecule has 0 radical (unpaired) electrons. The number of carboxylic acid groups (broad SMARTS) is 2. The zero-order chi connectivity index (χ0) is 34.1. The Balaban J connectivity index is 1.45. The van der Waals surface area contributed by atoms with E-state index in [1.165, 1.54) is 35.3 Å². The number of likely N-dealkylation sites (N-methyl/N-ethyl adjacent to an activating group) is 1. The minimum Gasteiger partial charge on any atom is -0.550 e. The molecule has 0 bridgehead atoms. The van der Waals surface area contributed by atoms with Crippen LogP contribution >= 0.6 is 47.0 Å². The molecule has 1 aromatic rings. The Morgan fingerprint density at radius 2 is 1.93 bits per heavy atom. The molecule has 250 valence electrons. The molecule has 4 rings (SSSR count). The average Bonchev–Trinajstić information content (AvgIpc) is 3.33. The highest BCUT2D eigenvalue weighted by Gasteiger charge is 2.67. The fourth-order valence-electron chi connectivity index (χ4n) is 4.65. The Labute approximate surface area is 278 Å². The fraction of sp³-hybridized carbons (Fsp3) is 0.542. The molecule has 22 heteroatoms.